The van der Waals surface area contributed by atoms with Gasteiger partial charge in [0.25, 0.3) is 0 Å². The summed E-state index contributed by atoms with van der Waals surface area (Å²) in [4.78, 5) is 0. The van der Waals surface area contributed by atoms with Gasteiger partial charge in [0, 0.05) is 4.11 Å². The smallest absolute Gasteiger partial charge is 0.423 e. The zero-order valence-electron chi connectivity index (χ0n) is 9.20. The van der Waals surface area contributed by atoms with Crippen molar-refractivity contribution >= 4 is 12.6 Å². The summed E-state index contributed by atoms with van der Waals surface area (Å²) in [5.41, 5.74) is 0.823. The minimum absolute atomic E-state index is 0.0156. The van der Waals surface area contributed by atoms with Crippen LogP contribution in [0.4, 0.5) is 0 Å². The molecular weight excluding hydrogens is 139 g/mol. The third kappa shape index (κ3) is 1.82. The van der Waals surface area contributed by atoms with E-state index in [1.54, 1.807) is 13.0 Å². The van der Waals surface area contributed by atoms with E-state index in [1.165, 1.54) is 12.1 Å². The van der Waals surface area contributed by atoms with Gasteiger partial charge in [-0.2, -0.15) is 0 Å². The Labute approximate surface area is 70.9 Å². The second kappa shape index (κ2) is 3.07. The van der Waals surface area contributed by atoms with E-state index in [0.29, 0.717) is 0 Å². The summed E-state index contributed by atoms with van der Waals surface area (Å²) in [6.07, 6.45) is 0. The number of aryl methyl sites for hydroxylation is 2. The first-order chi connectivity index (χ1) is 6.32. The Hall–Kier alpha value is -0.795. The van der Waals surface area contributed by atoms with Crippen LogP contribution in [0.25, 0.3) is 0 Å². The molecule has 0 atom stereocenters. The van der Waals surface area contributed by atoms with Gasteiger partial charge in [0.1, 0.15) is 0 Å². The van der Waals surface area contributed by atoms with Crippen molar-refractivity contribution in [2.24, 2.45) is 0 Å². The molecule has 1 rings (SSSR count). The highest BCUT2D eigenvalue weighted by molar-refractivity contribution is 6.59. The summed E-state index contributed by atoms with van der Waals surface area (Å²) < 4.78 is 21.6. The molecule has 0 saturated carbocycles. The molecule has 0 aliphatic carbocycles. The zero-order valence-corrected chi connectivity index (χ0v) is 6.20. The molecule has 3 heteroatoms. The molecule has 0 unspecified atom stereocenters. The SMILES string of the molecule is [2H]C([2H])([2H])c1ccc(C)cc1B(O)O. The molecule has 1 aromatic carbocycles. The van der Waals surface area contributed by atoms with Crippen LogP contribution in [0.3, 0.4) is 0 Å². The van der Waals surface area contributed by atoms with Crippen molar-refractivity contribution in [3.8, 4) is 0 Å². The van der Waals surface area contributed by atoms with E-state index in [0.717, 1.165) is 5.56 Å². The first-order valence-electron chi connectivity index (χ1n) is 4.79. The molecule has 0 bridgehead atoms. The highest BCUT2D eigenvalue weighted by Crippen LogP contribution is 1.99. The van der Waals surface area contributed by atoms with E-state index in [1.807, 2.05) is 0 Å². The summed E-state index contributed by atoms with van der Waals surface area (Å²) in [5.74, 6) is 0. The Bertz CT molecular complexity index is 336. The van der Waals surface area contributed by atoms with E-state index in [2.05, 4.69) is 0 Å². The van der Waals surface area contributed by atoms with Gasteiger partial charge in [-0.1, -0.05) is 29.3 Å². The molecule has 0 radical (unpaired) electrons. The Morgan fingerprint density at radius 1 is 1.45 bits per heavy atom. The van der Waals surface area contributed by atoms with Gasteiger partial charge in [0.05, 0.1) is 0 Å². The van der Waals surface area contributed by atoms with Gasteiger partial charge in [-0.15, -0.1) is 0 Å². The van der Waals surface area contributed by atoms with Crippen LogP contribution < -0.4 is 5.46 Å². The van der Waals surface area contributed by atoms with Crippen molar-refractivity contribution < 1.29 is 14.2 Å². The van der Waals surface area contributed by atoms with Gasteiger partial charge in [-0.25, -0.2) is 0 Å². The van der Waals surface area contributed by atoms with Crippen LogP contribution >= 0.6 is 0 Å². The second-order valence-corrected chi connectivity index (χ2v) is 2.46. The Morgan fingerprint density at radius 2 is 2.18 bits per heavy atom. The number of rotatable bonds is 1. The van der Waals surface area contributed by atoms with Gasteiger partial charge < -0.3 is 10.0 Å². The third-order valence-electron chi connectivity index (χ3n) is 1.49. The Balaban J connectivity index is 3.29. The highest BCUT2D eigenvalue weighted by atomic mass is 16.4. The lowest BCUT2D eigenvalue weighted by atomic mass is 9.77. The summed E-state index contributed by atoms with van der Waals surface area (Å²) in [5, 5.41) is 18.0. The van der Waals surface area contributed by atoms with Crippen molar-refractivity contribution in [2.45, 2.75) is 13.8 Å². The summed E-state index contributed by atoms with van der Waals surface area (Å²) in [7, 11) is -1.75. The maximum Gasteiger partial charge on any atom is 0.488 e. The van der Waals surface area contributed by atoms with Crippen molar-refractivity contribution in [2.75, 3.05) is 0 Å². The number of benzene rings is 1. The average molecular weight is 153 g/mol. The quantitative estimate of drug-likeness (QED) is 0.556. The maximum atomic E-state index is 9.00. The van der Waals surface area contributed by atoms with Crippen LogP contribution in [0.1, 0.15) is 15.2 Å². The minimum atomic E-state index is -2.31. The predicted octanol–water partition coefficient (Wildman–Crippen LogP) is -0.0168. The lowest BCUT2D eigenvalue weighted by molar-refractivity contribution is 0.425. The van der Waals surface area contributed by atoms with Crippen LogP contribution in [0, 0.1) is 13.8 Å². The lowest BCUT2D eigenvalue weighted by Crippen LogP contribution is -2.32. The van der Waals surface area contributed by atoms with Gasteiger partial charge in [0.15, 0.2) is 0 Å². The monoisotopic (exact) mass is 153 g/mol. The average Bonchev–Trinajstić information content (AvgIpc) is 2.01. The van der Waals surface area contributed by atoms with Crippen LogP contribution in [0.5, 0.6) is 0 Å². The van der Waals surface area contributed by atoms with Gasteiger partial charge in [-0.3, -0.25) is 0 Å². The Morgan fingerprint density at radius 3 is 2.73 bits per heavy atom. The largest absolute Gasteiger partial charge is 0.488 e. The maximum absolute atomic E-state index is 9.00. The van der Waals surface area contributed by atoms with E-state index >= 15 is 0 Å². The van der Waals surface area contributed by atoms with E-state index in [4.69, 9.17) is 14.2 Å². The standard InChI is InChI=1S/C8H11BO2/c1-6-3-4-7(2)8(5-6)9(10)11/h3-5,10-11H,1-2H3/i2D3. The fourth-order valence-electron chi connectivity index (χ4n) is 0.896. The molecule has 1 aromatic rings. The van der Waals surface area contributed by atoms with Crippen molar-refractivity contribution in [1.29, 1.82) is 0 Å². The van der Waals surface area contributed by atoms with Crippen molar-refractivity contribution in [3.63, 3.8) is 0 Å². The molecule has 11 heavy (non-hydrogen) atoms. The molecule has 0 aliphatic heterocycles. The zero-order chi connectivity index (χ0) is 10.9. The molecule has 0 spiro atoms. The second-order valence-electron chi connectivity index (χ2n) is 2.46. The van der Waals surface area contributed by atoms with Crippen LogP contribution in [-0.4, -0.2) is 17.2 Å². The van der Waals surface area contributed by atoms with E-state index in [-0.39, 0.29) is 11.0 Å². The topological polar surface area (TPSA) is 40.5 Å². The number of hydrogen-bond donors (Lipinski definition) is 2. The molecule has 0 amide bonds. The molecule has 0 aromatic heterocycles. The van der Waals surface area contributed by atoms with Crippen LogP contribution in [-0.2, 0) is 0 Å². The first kappa shape index (κ1) is 4.96. The lowest BCUT2D eigenvalue weighted by Gasteiger charge is -2.04. The molecule has 58 valence electrons. The van der Waals surface area contributed by atoms with Gasteiger partial charge in [0.2, 0.25) is 0 Å². The summed E-state index contributed by atoms with van der Waals surface area (Å²) in [6.45, 7) is -0.554. The van der Waals surface area contributed by atoms with Crippen molar-refractivity contribution in [1.82, 2.24) is 0 Å². The highest BCUT2D eigenvalue weighted by Gasteiger charge is 2.12. The van der Waals surface area contributed by atoms with E-state index in [9.17, 15) is 0 Å². The van der Waals surface area contributed by atoms with Gasteiger partial charge in [-0.05, 0) is 19.2 Å². The number of hydrogen-bond acceptors (Lipinski definition) is 2. The fraction of sp³-hybridized carbons (Fsp3) is 0.250. The molecule has 0 saturated heterocycles. The first-order valence-corrected chi connectivity index (χ1v) is 3.29. The summed E-state index contributed by atoms with van der Waals surface area (Å²) >= 11 is 0. The van der Waals surface area contributed by atoms with Crippen LogP contribution in [0.15, 0.2) is 18.2 Å². The molecular formula is C8H11BO2. The van der Waals surface area contributed by atoms with Crippen LogP contribution in [0.2, 0.25) is 0 Å². The predicted molar refractivity (Wildman–Crippen MR) is 45.7 cm³/mol. The van der Waals surface area contributed by atoms with Crippen molar-refractivity contribution in [3.05, 3.63) is 29.3 Å². The molecule has 0 heterocycles. The minimum Gasteiger partial charge on any atom is -0.423 e. The van der Waals surface area contributed by atoms with Gasteiger partial charge >= 0.3 is 7.12 Å². The molecule has 2 nitrogen and oxygen atoms in total. The fourth-order valence-corrected chi connectivity index (χ4v) is 0.896. The molecule has 0 fully saturated rings. The normalized spacial score (nSPS) is 15.0. The van der Waals surface area contributed by atoms with E-state index < -0.39 is 14.0 Å². The Kier molecular flexibility index (Phi) is 1.38. The molecule has 0 aliphatic rings. The molecule has 2 N–H and O–H groups in total. The summed E-state index contributed by atoms with van der Waals surface area (Å²) in [6, 6.07) is 4.50. The third-order valence-corrected chi connectivity index (χ3v) is 1.49.